The number of hydrogen-bond donors (Lipinski definition) is 1. The molecule has 0 aliphatic carbocycles. The van der Waals surface area contributed by atoms with Gasteiger partial charge in [-0.1, -0.05) is 72.4 Å². The summed E-state index contributed by atoms with van der Waals surface area (Å²) in [5, 5.41) is 4.60. The molecule has 0 fully saturated rings. The van der Waals surface area contributed by atoms with Crippen molar-refractivity contribution in [2.45, 2.75) is 25.4 Å². The van der Waals surface area contributed by atoms with Crippen molar-refractivity contribution in [1.82, 2.24) is 5.32 Å². The van der Waals surface area contributed by atoms with E-state index in [1.807, 2.05) is 17.8 Å². The van der Waals surface area contributed by atoms with E-state index in [9.17, 15) is 0 Å². The summed E-state index contributed by atoms with van der Waals surface area (Å²) in [5.41, 5.74) is 2.66. The van der Waals surface area contributed by atoms with E-state index in [1.54, 1.807) is 0 Å². The number of aliphatic imine (C=N–C) groups is 1. The third-order valence-electron chi connectivity index (χ3n) is 3.67. The third-order valence-corrected chi connectivity index (χ3v) is 4.71. The van der Waals surface area contributed by atoms with Crippen molar-refractivity contribution in [3.05, 3.63) is 71.8 Å². The van der Waals surface area contributed by atoms with Crippen LogP contribution in [0.5, 0.6) is 0 Å². The smallest absolute Gasteiger partial charge is 0.157 e. The van der Waals surface area contributed by atoms with Gasteiger partial charge in [0.25, 0.3) is 0 Å². The van der Waals surface area contributed by atoms with Gasteiger partial charge < -0.3 is 5.32 Å². The summed E-state index contributed by atoms with van der Waals surface area (Å²) < 4.78 is 0. The van der Waals surface area contributed by atoms with Gasteiger partial charge in [-0.25, -0.2) is 0 Å². The minimum absolute atomic E-state index is 0.299. The second-order valence-electron chi connectivity index (χ2n) is 5.37. The Morgan fingerprint density at radius 3 is 2.48 bits per heavy atom. The summed E-state index contributed by atoms with van der Waals surface area (Å²) in [4.78, 5) is 4.82. The Labute approximate surface area is 130 Å². The second kappa shape index (κ2) is 6.81. The Bertz CT molecular complexity index is 595. The molecule has 0 saturated carbocycles. The number of rotatable bonds is 4. The number of nitrogens with zero attached hydrogens (tertiary/aromatic N) is 1. The van der Waals surface area contributed by atoms with E-state index in [-0.39, 0.29) is 0 Å². The van der Waals surface area contributed by atoms with Crippen molar-refractivity contribution >= 4 is 16.9 Å². The minimum atomic E-state index is 0.299. The van der Waals surface area contributed by atoms with Crippen LogP contribution in [0, 0.1) is 0 Å². The van der Waals surface area contributed by atoms with E-state index in [0.717, 1.165) is 17.3 Å². The third kappa shape index (κ3) is 3.88. The largest absolute Gasteiger partial charge is 0.358 e. The molecule has 1 aliphatic rings. The molecule has 108 valence electrons. The molecule has 21 heavy (non-hydrogen) atoms. The van der Waals surface area contributed by atoms with Crippen molar-refractivity contribution in [1.29, 1.82) is 0 Å². The van der Waals surface area contributed by atoms with E-state index < -0.39 is 0 Å². The van der Waals surface area contributed by atoms with Crippen LogP contribution in [-0.4, -0.2) is 17.0 Å². The quantitative estimate of drug-likeness (QED) is 0.920. The topological polar surface area (TPSA) is 24.4 Å². The Hall–Kier alpha value is -1.74. The zero-order valence-corrected chi connectivity index (χ0v) is 13.0. The zero-order chi connectivity index (χ0) is 14.5. The molecule has 3 rings (SSSR count). The first kappa shape index (κ1) is 14.2. The van der Waals surface area contributed by atoms with Crippen LogP contribution in [0.4, 0.5) is 0 Å². The number of hydrogen-bond acceptors (Lipinski definition) is 3. The molecular weight excluding hydrogens is 276 g/mol. The first-order valence-corrected chi connectivity index (χ1v) is 8.36. The van der Waals surface area contributed by atoms with Crippen LogP contribution < -0.4 is 5.32 Å². The second-order valence-corrected chi connectivity index (χ2v) is 6.37. The van der Waals surface area contributed by atoms with Crippen LogP contribution in [0.2, 0.25) is 0 Å². The van der Waals surface area contributed by atoms with Gasteiger partial charge in [0.15, 0.2) is 5.17 Å². The van der Waals surface area contributed by atoms with Gasteiger partial charge >= 0.3 is 0 Å². The SMILES string of the molecule is CC(NC1=NC(Cc2ccccc2)CS1)c1ccccc1. The lowest BCUT2D eigenvalue weighted by atomic mass is 10.1. The standard InChI is InChI=1S/C18H20N2S/c1-14(16-10-6-3-7-11-16)19-18-20-17(13-21-18)12-15-8-4-2-5-9-15/h2-11,14,17H,12-13H2,1H3,(H,19,20). The van der Waals surface area contributed by atoms with E-state index in [1.165, 1.54) is 11.1 Å². The minimum Gasteiger partial charge on any atom is -0.358 e. The highest BCUT2D eigenvalue weighted by atomic mass is 32.2. The van der Waals surface area contributed by atoms with Crippen LogP contribution in [0.15, 0.2) is 65.7 Å². The van der Waals surface area contributed by atoms with E-state index in [2.05, 4.69) is 66.8 Å². The zero-order valence-electron chi connectivity index (χ0n) is 12.2. The van der Waals surface area contributed by atoms with Crippen molar-refractivity contribution in [3.63, 3.8) is 0 Å². The van der Waals surface area contributed by atoms with Crippen molar-refractivity contribution in [2.75, 3.05) is 5.75 Å². The van der Waals surface area contributed by atoms with Gasteiger partial charge in [-0.15, -0.1) is 0 Å². The fraction of sp³-hybridized carbons (Fsp3) is 0.278. The van der Waals surface area contributed by atoms with Crippen molar-refractivity contribution in [3.8, 4) is 0 Å². The van der Waals surface area contributed by atoms with Gasteiger partial charge in [0.1, 0.15) is 0 Å². The fourth-order valence-electron chi connectivity index (χ4n) is 2.50. The van der Waals surface area contributed by atoms with Gasteiger partial charge in [0.05, 0.1) is 12.1 Å². The number of benzene rings is 2. The maximum atomic E-state index is 4.82. The summed E-state index contributed by atoms with van der Waals surface area (Å²) >= 11 is 1.83. The highest BCUT2D eigenvalue weighted by Crippen LogP contribution is 2.22. The molecule has 1 heterocycles. The van der Waals surface area contributed by atoms with E-state index in [0.29, 0.717) is 12.1 Å². The number of amidine groups is 1. The van der Waals surface area contributed by atoms with Gasteiger partial charge in [0, 0.05) is 5.75 Å². The van der Waals surface area contributed by atoms with E-state index >= 15 is 0 Å². The lowest BCUT2D eigenvalue weighted by Gasteiger charge is -2.14. The summed E-state index contributed by atoms with van der Waals surface area (Å²) in [5.74, 6) is 1.07. The summed E-state index contributed by atoms with van der Waals surface area (Å²) in [7, 11) is 0. The summed E-state index contributed by atoms with van der Waals surface area (Å²) in [6.45, 7) is 2.18. The normalized spacial score (nSPS) is 19.1. The average Bonchev–Trinajstić information content (AvgIpc) is 2.96. The van der Waals surface area contributed by atoms with Crippen LogP contribution >= 0.6 is 11.8 Å². The molecule has 3 heteroatoms. The lowest BCUT2D eigenvalue weighted by Crippen LogP contribution is -2.23. The average molecular weight is 296 g/mol. The molecule has 2 aromatic rings. The molecule has 2 unspecified atom stereocenters. The number of thioether (sulfide) groups is 1. The molecule has 2 aromatic carbocycles. The molecule has 0 aromatic heterocycles. The van der Waals surface area contributed by atoms with Crippen LogP contribution in [0.3, 0.4) is 0 Å². The maximum absolute atomic E-state index is 4.82. The molecule has 0 amide bonds. The first-order chi connectivity index (χ1) is 10.3. The van der Waals surface area contributed by atoms with Gasteiger partial charge in [-0.3, -0.25) is 4.99 Å². The monoisotopic (exact) mass is 296 g/mol. The van der Waals surface area contributed by atoms with Crippen molar-refractivity contribution < 1.29 is 0 Å². The Kier molecular flexibility index (Phi) is 4.61. The summed E-state index contributed by atoms with van der Waals surface area (Å²) in [6.07, 6.45) is 1.03. The molecule has 2 nitrogen and oxygen atoms in total. The Morgan fingerprint density at radius 2 is 1.76 bits per heavy atom. The summed E-state index contributed by atoms with van der Waals surface area (Å²) in [6, 6.07) is 21.8. The fourth-order valence-corrected chi connectivity index (χ4v) is 3.52. The van der Waals surface area contributed by atoms with Crippen LogP contribution in [0.25, 0.3) is 0 Å². The molecular formula is C18H20N2S. The molecule has 0 bridgehead atoms. The lowest BCUT2D eigenvalue weighted by molar-refractivity contribution is 0.709. The van der Waals surface area contributed by atoms with Crippen molar-refractivity contribution in [2.24, 2.45) is 4.99 Å². The highest BCUT2D eigenvalue weighted by molar-refractivity contribution is 8.14. The molecule has 0 radical (unpaired) electrons. The van der Waals surface area contributed by atoms with Gasteiger partial charge in [-0.2, -0.15) is 0 Å². The first-order valence-electron chi connectivity index (χ1n) is 7.37. The number of nitrogens with one attached hydrogen (secondary N) is 1. The van der Waals surface area contributed by atoms with Gasteiger partial charge in [-0.05, 0) is 24.5 Å². The Morgan fingerprint density at radius 1 is 1.10 bits per heavy atom. The van der Waals surface area contributed by atoms with Crippen LogP contribution in [-0.2, 0) is 6.42 Å². The maximum Gasteiger partial charge on any atom is 0.157 e. The van der Waals surface area contributed by atoms with Gasteiger partial charge in [0.2, 0.25) is 0 Å². The predicted octanol–water partition coefficient (Wildman–Crippen LogP) is 4.05. The Balaban J connectivity index is 1.59. The molecule has 0 saturated heterocycles. The molecule has 2 atom stereocenters. The predicted molar refractivity (Wildman–Crippen MR) is 91.8 cm³/mol. The molecule has 1 aliphatic heterocycles. The highest BCUT2D eigenvalue weighted by Gasteiger charge is 2.20. The molecule has 0 spiro atoms. The van der Waals surface area contributed by atoms with Crippen LogP contribution in [0.1, 0.15) is 24.1 Å². The van der Waals surface area contributed by atoms with E-state index in [4.69, 9.17) is 4.99 Å². The molecule has 1 N–H and O–H groups in total.